The summed E-state index contributed by atoms with van der Waals surface area (Å²) >= 11 is 2.67. The van der Waals surface area contributed by atoms with Gasteiger partial charge in [-0.05, 0) is 25.1 Å². The van der Waals surface area contributed by atoms with Crippen LogP contribution in [0.4, 0.5) is 15.3 Å². The number of nitrogens with two attached hydrogens (primary N) is 1. The van der Waals surface area contributed by atoms with Crippen LogP contribution in [0.25, 0.3) is 21.5 Å². The number of ketones is 1. The van der Waals surface area contributed by atoms with Crippen LogP contribution in [0.2, 0.25) is 0 Å². The van der Waals surface area contributed by atoms with Gasteiger partial charge in [0.2, 0.25) is 5.13 Å². The summed E-state index contributed by atoms with van der Waals surface area (Å²) in [7, 11) is 0. The second kappa shape index (κ2) is 6.74. The third-order valence-corrected chi connectivity index (χ3v) is 5.35. The largest absolute Gasteiger partial charge is 0.375 e. The number of nitrogen functional groups attached to an aromatic ring is 1. The first-order valence-corrected chi connectivity index (χ1v) is 9.38. The number of hydrogen-bond donors (Lipinski definition) is 1. The lowest BCUT2D eigenvalue weighted by Gasteiger charge is -1.96. The molecule has 0 unspecified atom stereocenters. The second-order valence-corrected chi connectivity index (χ2v) is 7.53. The molecule has 4 rings (SSSR count). The van der Waals surface area contributed by atoms with Crippen molar-refractivity contribution in [1.29, 1.82) is 0 Å². The number of nitrogens with zero attached hydrogens (tertiary/aromatic N) is 4. The Morgan fingerprint density at radius 3 is 2.62 bits per heavy atom. The molecule has 2 heterocycles. The van der Waals surface area contributed by atoms with Crippen molar-refractivity contribution in [3.8, 4) is 11.3 Å². The van der Waals surface area contributed by atoms with E-state index in [0.717, 1.165) is 15.8 Å². The van der Waals surface area contributed by atoms with Crippen LogP contribution in [0.1, 0.15) is 17.3 Å². The molecule has 0 saturated carbocycles. The van der Waals surface area contributed by atoms with Crippen molar-refractivity contribution in [3.63, 3.8) is 0 Å². The monoisotopic (exact) mass is 379 g/mol. The molecule has 0 atom stereocenters. The van der Waals surface area contributed by atoms with Gasteiger partial charge in [-0.3, -0.25) is 4.79 Å². The van der Waals surface area contributed by atoms with Gasteiger partial charge in [0.15, 0.2) is 15.9 Å². The van der Waals surface area contributed by atoms with E-state index in [-0.39, 0.29) is 5.78 Å². The Kier molecular flexibility index (Phi) is 4.27. The number of anilines is 1. The van der Waals surface area contributed by atoms with E-state index in [0.29, 0.717) is 26.5 Å². The molecule has 2 N–H and O–H groups in total. The van der Waals surface area contributed by atoms with Crippen LogP contribution in [-0.2, 0) is 0 Å². The molecule has 0 saturated heterocycles. The van der Waals surface area contributed by atoms with E-state index in [2.05, 4.69) is 20.2 Å². The van der Waals surface area contributed by atoms with E-state index in [1.807, 2.05) is 42.5 Å². The molecular weight excluding hydrogens is 366 g/mol. The summed E-state index contributed by atoms with van der Waals surface area (Å²) in [5.74, 6) is 0.0242. The number of hydrogen-bond acceptors (Lipinski definition) is 8. The molecule has 4 aromatic rings. The minimum atomic E-state index is 0.0242. The van der Waals surface area contributed by atoms with Crippen molar-refractivity contribution in [2.75, 3.05) is 5.73 Å². The zero-order chi connectivity index (χ0) is 18.1. The number of aromatic nitrogens is 2. The Balaban J connectivity index is 1.69. The van der Waals surface area contributed by atoms with Gasteiger partial charge >= 0.3 is 0 Å². The van der Waals surface area contributed by atoms with Gasteiger partial charge in [0.1, 0.15) is 5.69 Å². The Hall–Kier alpha value is -2.97. The zero-order valence-corrected chi connectivity index (χ0v) is 15.3. The lowest BCUT2D eigenvalue weighted by atomic mass is 10.1. The Morgan fingerprint density at radius 2 is 1.85 bits per heavy atom. The van der Waals surface area contributed by atoms with Gasteiger partial charge < -0.3 is 5.73 Å². The summed E-state index contributed by atoms with van der Waals surface area (Å²) in [5.41, 5.74) is 8.94. The predicted octanol–water partition coefficient (Wildman–Crippen LogP) is 5.62. The van der Waals surface area contributed by atoms with Gasteiger partial charge in [-0.15, -0.1) is 10.2 Å². The first-order valence-electron chi connectivity index (χ1n) is 7.75. The van der Waals surface area contributed by atoms with Crippen molar-refractivity contribution < 1.29 is 4.79 Å². The van der Waals surface area contributed by atoms with Gasteiger partial charge in [0, 0.05) is 11.1 Å². The van der Waals surface area contributed by atoms with Crippen LogP contribution < -0.4 is 5.73 Å². The first-order chi connectivity index (χ1) is 12.6. The van der Waals surface area contributed by atoms with E-state index in [4.69, 9.17) is 5.73 Å². The third-order valence-electron chi connectivity index (χ3n) is 3.68. The average Bonchev–Trinajstić information content (AvgIpc) is 3.22. The smallest absolute Gasteiger partial charge is 0.231 e. The molecule has 0 radical (unpaired) electrons. The molecule has 2 aromatic heterocycles. The average molecular weight is 379 g/mol. The highest BCUT2D eigenvalue weighted by atomic mass is 32.1. The van der Waals surface area contributed by atoms with Crippen LogP contribution in [0.3, 0.4) is 0 Å². The highest BCUT2D eigenvalue weighted by Crippen LogP contribution is 2.38. The first kappa shape index (κ1) is 16.5. The molecule has 0 amide bonds. The molecule has 0 aliphatic carbocycles. The summed E-state index contributed by atoms with van der Waals surface area (Å²) in [4.78, 5) is 20.3. The topological polar surface area (TPSA) is 93.6 Å². The molecule has 128 valence electrons. The maximum Gasteiger partial charge on any atom is 0.231 e. The van der Waals surface area contributed by atoms with E-state index in [1.165, 1.54) is 22.7 Å². The van der Waals surface area contributed by atoms with Gasteiger partial charge in [-0.25, -0.2) is 9.97 Å². The molecule has 0 fully saturated rings. The van der Waals surface area contributed by atoms with Crippen molar-refractivity contribution >= 4 is 53.9 Å². The fraction of sp³-hybridized carbons (Fsp3) is 0.0556. The Labute approximate surface area is 157 Å². The van der Waals surface area contributed by atoms with Crippen LogP contribution in [-0.4, -0.2) is 15.8 Å². The molecule has 2 aromatic carbocycles. The zero-order valence-electron chi connectivity index (χ0n) is 13.7. The minimum absolute atomic E-state index is 0.0242. The number of Topliss-reactive ketones (excluding diaryl/α,β-unsaturated/α-hetero) is 1. The quantitative estimate of drug-likeness (QED) is 0.368. The second-order valence-electron chi connectivity index (χ2n) is 5.51. The molecule has 6 nitrogen and oxygen atoms in total. The number of azo groups is 1. The van der Waals surface area contributed by atoms with Crippen molar-refractivity contribution in [2.24, 2.45) is 10.2 Å². The van der Waals surface area contributed by atoms with Crippen LogP contribution in [0.15, 0.2) is 58.8 Å². The number of benzene rings is 2. The number of thiazole rings is 2. The normalized spacial score (nSPS) is 11.4. The molecule has 8 heteroatoms. The third kappa shape index (κ3) is 3.24. The number of carbonyl (C=O) groups is 1. The van der Waals surface area contributed by atoms with Gasteiger partial charge in [-0.2, -0.15) is 0 Å². The lowest BCUT2D eigenvalue weighted by Crippen LogP contribution is -1.89. The highest BCUT2D eigenvalue weighted by molar-refractivity contribution is 7.22. The van der Waals surface area contributed by atoms with E-state index in [1.54, 1.807) is 13.0 Å². The van der Waals surface area contributed by atoms with Gasteiger partial charge in [0.05, 0.1) is 10.2 Å². The fourth-order valence-electron chi connectivity index (χ4n) is 2.44. The van der Waals surface area contributed by atoms with E-state index >= 15 is 0 Å². The number of rotatable bonds is 4. The van der Waals surface area contributed by atoms with Crippen molar-refractivity contribution in [2.45, 2.75) is 6.92 Å². The van der Waals surface area contributed by atoms with Crippen molar-refractivity contribution in [1.82, 2.24) is 9.97 Å². The SMILES string of the molecule is CC(=O)c1ccc2nc(/N=N/c3sc(N)nc3-c3ccccc3)sc2c1. The lowest BCUT2D eigenvalue weighted by molar-refractivity contribution is 0.101. The van der Waals surface area contributed by atoms with Crippen LogP contribution in [0.5, 0.6) is 0 Å². The van der Waals surface area contributed by atoms with Crippen LogP contribution >= 0.6 is 22.7 Å². The summed E-state index contributed by atoms with van der Waals surface area (Å²) < 4.78 is 0.902. The van der Waals surface area contributed by atoms with Crippen LogP contribution in [0, 0.1) is 0 Å². The Morgan fingerprint density at radius 1 is 1.04 bits per heavy atom. The van der Waals surface area contributed by atoms with Crippen molar-refractivity contribution in [3.05, 3.63) is 54.1 Å². The number of carbonyl (C=O) groups excluding carboxylic acids is 1. The van der Waals surface area contributed by atoms with E-state index < -0.39 is 0 Å². The Bertz CT molecular complexity index is 1130. The molecular formula is C18H13N5OS2. The maximum atomic E-state index is 11.5. The standard InChI is InChI=1S/C18H13N5OS2/c1-10(24)12-7-8-13-14(9-12)25-18(20-13)23-22-16-15(21-17(19)26-16)11-5-3-2-4-6-11/h2-9H,1H3,(H2,19,21)/b23-22+. The maximum absolute atomic E-state index is 11.5. The summed E-state index contributed by atoms with van der Waals surface area (Å²) in [5, 5.41) is 10.2. The highest BCUT2D eigenvalue weighted by Gasteiger charge is 2.12. The van der Waals surface area contributed by atoms with E-state index in [9.17, 15) is 4.79 Å². The molecule has 26 heavy (non-hydrogen) atoms. The van der Waals surface area contributed by atoms with Gasteiger partial charge in [0.25, 0.3) is 0 Å². The molecule has 0 aliphatic heterocycles. The minimum Gasteiger partial charge on any atom is -0.375 e. The summed E-state index contributed by atoms with van der Waals surface area (Å²) in [6.45, 7) is 1.54. The molecule has 0 aliphatic rings. The molecule has 0 spiro atoms. The fourth-order valence-corrected chi connectivity index (χ4v) is 3.95. The predicted molar refractivity (Wildman–Crippen MR) is 106 cm³/mol. The molecule has 0 bridgehead atoms. The number of fused-ring (bicyclic) bond motifs is 1. The summed E-state index contributed by atoms with van der Waals surface area (Å²) in [6, 6.07) is 15.1. The summed E-state index contributed by atoms with van der Waals surface area (Å²) in [6.07, 6.45) is 0. The van der Waals surface area contributed by atoms with Gasteiger partial charge in [-0.1, -0.05) is 53.0 Å².